The van der Waals surface area contributed by atoms with E-state index in [-0.39, 0.29) is 24.1 Å². The van der Waals surface area contributed by atoms with E-state index in [1.54, 1.807) is 0 Å². The van der Waals surface area contributed by atoms with Crippen LogP contribution in [-0.4, -0.2) is 29.2 Å². The molecule has 164 valence electrons. The van der Waals surface area contributed by atoms with Crippen molar-refractivity contribution in [1.82, 2.24) is 10.6 Å². The molecule has 2 atom stereocenters. The number of hydrogen-bond donors (Lipinski definition) is 3. The molecule has 0 aliphatic carbocycles. The van der Waals surface area contributed by atoms with Crippen molar-refractivity contribution < 1.29 is 14.6 Å². The highest BCUT2D eigenvalue weighted by molar-refractivity contribution is 5.88. The molecule has 0 aliphatic rings. The molecule has 3 aromatic carbocycles. The molecule has 0 spiro atoms. The second-order valence-corrected chi connectivity index (χ2v) is 8.88. The Morgan fingerprint density at radius 1 is 1.00 bits per heavy atom. The number of hydrogen-bond acceptors (Lipinski definition) is 4. The van der Waals surface area contributed by atoms with Gasteiger partial charge in [-0.3, -0.25) is 4.79 Å². The lowest BCUT2D eigenvalue weighted by Gasteiger charge is -2.23. The first-order valence-electron chi connectivity index (χ1n) is 10.7. The second-order valence-electron chi connectivity index (χ2n) is 8.88. The number of rotatable bonds is 8. The molecule has 5 heteroatoms. The molecule has 0 bridgehead atoms. The Balaban J connectivity index is 1.77. The molecule has 5 nitrogen and oxygen atoms in total. The van der Waals surface area contributed by atoms with Crippen molar-refractivity contribution in [2.24, 2.45) is 0 Å². The van der Waals surface area contributed by atoms with Gasteiger partial charge in [0, 0.05) is 23.7 Å². The maximum Gasteiger partial charge on any atom is 0.258 e. The van der Waals surface area contributed by atoms with E-state index >= 15 is 0 Å². The van der Waals surface area contributed by atoms with Crippen molar-refractivity contribution in [3.05, 3.63) is 77.9 Å². The van der Waals surface area contributed by atoms with E-state index in [0.717, 1.165) is 21.9 Å². The first-order chi connectivity index (χ1) is 14.7. The number of carbonyl (C=O) groups is 1. The number of benzene rings is 3. The summed E-state index contributed by atoms with van der Waals surface area (Å²) in [5.74, 6) is 0.504. The Labute approximate surface area is 184 Å². The lowest BCUT2D eigenvalue weighted by Crippen LogP contribution is -2.43. The van der Waals surface area contributed by atoms with E-state index in [4.69, 9.17) is 4.74 Å². The zero-order valence-electron chi connectivity index (χ0n) is 18.7. The van der Waals surface area contributed by atoms with E-state index in [0.29, 0.717) is 12.3 Å². The van der Waals surface area contributed by atoms with E-state index in [2.05, 4.69) is 16.7 Å². The smallest absolute Gasteiger partial charge is 0.258 e. The monoisotopic (exact) mass is 420 g/mol. The van der Waals surface area contributed by atoms with Crippen LogP contribution in [-0.2, 0) is 11.3 Å². The van der Waals surface area contributed by atoms with Gasteiger partial charge in [0.05, 0.1) is 6.10 Å². The largest absolute Gasteiger partial charge is 0.483 e. The molecular formula is C26H32N2O3. The maximum absolute atomic E-state index is 12.2. The number of nitrogens with one attached hydrogen (secondary N) is 2. The minimum Gasteiger partial charge on any atom is -0.483 e. The van der Waals surface area contributed by atoms with Gasteiger partial charge in [-0.15, -0.1) is 0 Å². The Morgan fingerprint density at radius 3 is 2.39 bits per heavy atom. The van der Waals surface area contributed by atoms with Gasteiger partial charge < -0.3 is 20.5 Å². The molecule has 3 aromatic rings. The van der Waals surface area contributed by atoms with Gasteiger partial charge >= 0.3 is 0 Å². The predicted octanol–water partition coefficient (Wildman–Crippen LogP) is 4.35. The SMILES string of the molecule is CC(NCc1c(OCC(=O)NC(C)(C)C)ccc2ccccc12)C(O)c1ccccc1. The number of fused-ring (bicyclic) bond motifs is 1. The molecule has 0 heterocycles. The third-order valence-corrected chi connectivity index (χ3v) is 5.09. The van der Waals surface area contributed by atoms with E-state index < -0.39 is 6.10 Å². The average molecular weight is 421 g/mol. The fraction of sp³-hybridized carbons (Fsp3) is 0.346. The van der Waals surface area contributed by atoms with Gasteiger partial charge in [-0.2, -0.15) is 0 Å². The van der Waals surface area contributed by atoms with Gasteiger partial charge in [0.25, 0.3) is 5.91 Å². The van der Waals surface area contributed by atoms with Crippen LogP contribution < -0.4 is 15.4 Å². The summed E-state index contributed by atoms with van der Waals surface area (Å²) >= 11 is 0. The first kappa shape index (κ1) is 22.8. The summed E-state index contributed by atoms with van der Waals surface area (Å²) in [7, 11) is 0. The third-order valence-electron chi connectivity index (χ3n) is 5.09. The number of carbonyl (C=O) groups excluding carboxylic acids is 1. The van der Waals surface area contributed by atoms with Gasteiger partial charge in [-0.1, -0.05) is 60.7 Å². The van der Waals surface area contributed by atoms with Crippen LogP contribution >= 0.6 is 0 Å². The quantitative estimate of drug-likeness (QED) is 0.507. The molecule has 2 unspecified atom stereocenters. The molecular weight excluding hydrogens is 388 g/mol. The minimum absolute atomic E-state index is 0.0508. The van der Waals surface area contributed by atoms with Gasteiger partial charge in [-0.05, 0) is 50.1 Å². The Morgan fingerprint density at radius 2 is 1.68 bits per heavy atom. The fourth-order valence-corrected chi connectivity index (χ4v) is 3.54. The molecule has 3 N–H and O–H groups in total. The van der Waals surface area contributed by atoms with Crippen LogP contribution in [0.2, 0.25) is 0 Å². The summed E-state index contributed by atoms with van der Waals surface area (Å²) in [5.41, 5.74) is 1.53. The van der Waals surface area contributed by atoms with Crippen LogP contribution in [0.15, 0.2) is 66.7 Å². The number of amides is 1. The lowest BCUT2D eigenvalue weighted by atomic mass is 10.0. The van der Waals surface area contributed by atoms with Crippen LogP contribution in [0, 0.1) is 0 Å². The molecule has 3 rings (SSSR count). The molecule has 0 aromatic heterocycles. The second kappa shape index (κ2) is 9.94. The van der Waals surface area contributed by atoms with Crippen LogP contribution in [0.5, 0.6) is 5.75 Å². The molecule has 0 radical (unpaired) electrons. The molecule has 0 saturated heterocycles. The van der Waals surface area contributed by atoms with Gasteiger partial charge in [0.15, 0.2) is 6.61 Å². The van der Waals surface area contributed by atoms with Crippen LogP contribution in [0.1, 0.15) is 44.9 Å². The Kier molecular flexibility index (Phi) is 7.31. The maximum atomic E-state index is 12.2. The van der Waals surface area contributed by atoms with Crippen LogP contribution in [0.3, 0.4) is 0 Å². The van der Waals surface area contributed by atoms with Crippen molar-refractivity contribution in [3.8, 4) is 5.75 Å². The van der Waals surface area contributed by atoms with E-state index in [1.165, 1.54) is 0 Å². The van der Waals surface area contributed by atoms with Gasteiger partial charge in [0.1, 0.15) is 5.75 Å². The number of aliphatic hydroxyl groups excluding tert-OH is 1. The van der Waals surface area contributed by atoms with E-state index in [1.807, 2.05) is 88.4 Å². The summed E-state index contributed by atoms with van der Waals surface area (Å²) in [4.78, 5) is 12.2. The highest BCUT2D eigenvalue weighted by Gasteiger charge is 2.18. The molecule has 31 heavy (non-hydrogen) atoms. The third kappa shape index (κ3) is 6.29. The average Bonchev–Trinajstić information content (AvgIpc) is 2.75. The predicted molar refractivity (Wildman–Crippen MR) is 125 cm³/mol. The highest BCUT2D eigenvalue weighted by atomic mass is 16.5. The van der Waals surface area contributed by atoms with Crippen LogP contribution in [0.25, 0.3) is 10.8 Å². The lowest BCUT2D eigenvalue weighted by molar-refractivity contribution is -0.124. The van der Waals surface area contributed by atoms with E-state index in [9.17, 15) is 9.90 Å². The summed E-state index contributed by atoms with van der Waals surface area (Å²) in [6.07, 6.45) is -0.627. The Hall–Kier alpha value is -2.89. The van der Waals surface area contributed by atoms with Crippen molar-refractivity contribution in [3.63, 3.8) is 0 Å². The minimum atomic E-state index is -0.627. The van der Waals surface area contributed by atoms with Crippen LogP contribution in [0.4, 0.5) is 0 Å². The van der Waals surface area contributed by atoms with Gasteiger partial charge in [0.2, 0.25) is 0 Å². The summed E-state index contributed by atoms with van der Waals surface area (Å²) in [6, 6.07) is 21.4. The van der Waals surface area contributed by atoms with Crippen molar-refractivity contribution in [2.45, 2.75) is 51.9 Å². The zero-order chi connectivity index (χ0) is 22.4. The Bertz CT molecular complexity index is 1010. The highest BCUT2D eigenvalue weighted by Crippen LogP contribution is 2.29. The zero-order valence-corrected chi connectivity index (χ0v) is 18.7. The van der Waals surface area contributed by atoms with Crippen molar-refractivity contribution in [2.75, 3.05) is 6.61 Å². The summed E-state index contributed by atoms with van der Waals surface area (Å²) in [6.45, 7) is 8.23. The number of aliphatic hydroxyl groups is 1. The fourth-order valence-electron chi connectivity index (χ4n) is 3.54. The van der Waals surface area contributed by atoms with Crippen molar-refractivity contribution >= 4 is 16.7 Å². The standard InChI is InChI=1S/C26H32N2O3/c1-18(25(30)20-11-6-5-7-12-20)27-16-22-21-13-9-8-10-19(21)14-15-23(22)31-17-24(29)28-26(2,3)4/h5-15,18,25,27,30H,16-17H2,1-4H3,(H,28,29). The molecule has 0 aliphatic heterocycles. The molecule has 0 saturated carbocycles. The first-order valence-corrected chi connectivity index (χ1v) is 10.7. The molecule has 1 amide bonds. The topological polar surface area (TPSA) is 70.6 Å². The van der Waals surface area contributed by atoms with Gasteiger partial charge in [-0.25, -0.2) is 0 Å². The van der Waals surface area contributed by atoms with Crippen molar-refractivity contribution in [1.29, 1.82) is 0 Å². The summed E-state index contributed by atoms with van der Waals surface area (Å²) < 4.78 is 5.92. The normalized spacial score (nSPS) is 13.6. The summed E-state index contributed by atoms with van der Waals surface area (Å²) in [5, 5.41) is 19.2. The number of ether oxygens (including phenoxy) is 1. The molecule has 0 fully saturated rings.